The number of nitrogens with one attached hydrogen (secondary N) is 1. The zero-order chi connectivity index (χ0) is 17.3. The Morgan fingerprint density at radius 1 is 1.04 bits per heavy atom. The summed E-state index contributed by atoms with van der Waals surface area (Å²) >= 11 is 0. The van der Waals surface area contributed by atoms with Gasteiger partial charge in [-0.15, -0.1) is 0 Å². The molecule has 0 bridgehead atoms. The highest BCUT2D eigenvalue weighted by molar-refractivity contribution is 5.70. The molecule has 1 aliphatic carbocycles. The van der Waals surface area contributed by atoms with Crippen LogP contribution in [0.2, 0.25) is 0 Å². The predicted molar refractivity (Wildman–Crippen MR) is 97.1 cm³/mol. The number of carbonyl (C=O) groups is 1. The number of aliphatic carboxylic acids is 1. The molecular formula is C21H31NO2. The first-order chi connectivity index (χ1) is 11.3. The zero-order valence-electron chi connectivity index (χ0n) is 15.2. The molecule has 1 saturated carbocycles. The Balaban J connectivity index is 1.59. The van der Waals surface area contributed by atoms with Crippen LogP contribution in [-0.2, 0) is 4.79 Å². The molecule has 3 rings (SSSR count). The van der Waals surface area contributed by atoms with Crippen LogP contribution in [0.1, 0.15) is 76.0 Å². The lowest BCUT2D eigenvalue weighted by Gasteiger charge is -2.37. The van der Waals surface area contributed by atoms with Crippen molar-refractivity contribution in [3.63, 3.8) is 0 Å². The summed E-state index contributed by atoms with van der Waals surface area (Å²) < 4.78 is 0. The quantitative estimate of drug-likeness (QED) is 0.842. The van der Waals surface area contributed by atoms with Gasteiger partial charge in [0.2, 0.25) is 0 Å². The van der Waals surface area contributed by atoms with E-state index >= 15 is 0 Å². The van der Waals surface area contributed by atoms with Crippen LogP contribution in [0.4, 0.5) is 0 Å². The molecular weight excluding hydrogens is 298 g/mol. The van der Waals surface area contributed by atoms with Gasteiger partial charge < -0.3 is 10.4 Å². The molecule has 3 heteroatoms. The van der Waals surface area contributed by atoms with Crippen LogP contribution < -0.4 is 5.32 Å². The summed E-state index contributed by atoms with van der Waals surface area (Å²) in [7, 11) is 0. The lowest BCUT2D eigenvalue weighted by Crippen LogP contribution is -2.25. The van der Waals surface area contributed by atoms with E-state index < -0.39 is 5.97 Å². The third-order valence-electron chi connectivity index (χ3n) is 6.24. The summed E-state index contributed by atoms with van der Waals surface area (Å²) in [6.45, 7) is 7.68. The molecule has 0 amide bonds. The van der Waals surface area contributed by atoms with Crippen molar-refractivity contribution in [2.45, 2.75) is 64.8 Å². The fourth-order valence-corrected chi connectivity index (χ4v) is 4.47. The Morgan fingerprint density at radius 2 is 1.62 bits per heavy atom. The van der Waals surface area contributed by atoms with Crippen molar-refractivity contribution in [2.75, 3.05) is 6.54 Å². The Labute approximate surface area is 145 Å². The summed E-state index contributed by atoms with van der Waals surface area (Å²) in [6, 6.07) is 9.14. The van der Waals surface area contributed by atoms with E-state index in [9.17, 15) is 4.79 Å². The van der Waals surface area contributed by atoms with E-state index in [-0.39, 0.29) is 12.0 Å². The predicted octanol–water partition coefficient (Wildman–Crippen LogP) is 4.74. The number of rotatable bonds is 3. The second-order valence-electron chi connectivity index (χ2n) is 8.81. The molecule has 1 aromatic carbocycles. The van der Waals surface area contributed by atoms with E-state index in [1.165, 1.54) is 36.8 Å². The van der Waals surface area contributed by atoms with Crippen LogP contribution in [0.3, 0.4) is 0 Å². The van der Waals surface area contributed by atoms with Gasteiger partial charge in [0.1, 0.15) is 0 Å². The van der Waals surface area contributed by atoms with Crippen LogP contribution in [-0.4, -0.2) is 17.6 Å². The molecule has 0 radical (unpaired) electrons. The number of carboxylic acid groups (broad SMARTS) is 1. The second-order valence-corrected chi connectivity index (χ2v) is 8.81. The molecule has 132 valence electrons. The van der Waals surface area contributed by atoms with Gasteiger partial charge in [0.15, 0.2) is 0 Å². The monoisotopic (exact) mass is 329 g/mol. The van der Waals surface area contributed by atoms with Crippen molar-refractivity contribution in [1.29, 1.82) is 0 Å². The highest BCUT2D eigenvalue weighted by Gasteiger charge is 2.31. The average Bonchev–Trinajstić information content (AvgIpc) is 3.05. The number of benzene rings is 1. The van der Waals surface area contributed by atoms with Crippen molar-refractivity contribution < 1.29 is 9.90 Å². The number of hydrogen-bond acceptors (Lipinski definition) is 2. The highest BCUT2D eigenvalue weighted by Crippen LogP contribution is 2.43. The molecule has 1 saturated heterocycles. The van der Waals surface area contributed by atoms with Crippen LogP contribution in [0.25, 0.3) is 0 Å². The Kier molecular flexibility index (Phi) is 5.00. The Morgan fingerprint density at radius 3 is 2.12 bits per heavy atom. The van der Waals surface area contributed by atoms with Crippen molar-refractivity contribution in [3.05, 3.63) is 35.4 Å². The minimum absolute atomic E-state index is 0.191. The van der Waals surface area contributed by atoms with E-state index in [4.69, 9.17) is 5.11 Å². The minimum atomic E-state index is -0.683. The summed E-state index contributed by atoms with van der Waals surface area (Å²) in [5.74, 6) is 0.615. The standard InChI is InChI=1S/C21H31NO2/c1-21(2,3)18-10-8-15(9-11-18)14-4-6-16(7-5-14)19-12-17(13-22-19)20(23)24/h4-7,15,17-19,22H,8-13H2,1-3H3,(H,23,24). The zero-order valence-corrected chi connectivity index (χ0v) is 15.2. The maximum atomic E-state index is 11.1. The van der Waals surface area contributed by atoms with Gasteiger partial charge in [-0.1, -0.05) is 45.0 Å². The van der Waals surface area contributed by atoms with Gasteiger partial charge in [-0.05, 0) is 60.5 Å². The van der Waals surface area contributed by atoms with Crippen LogP contribution in [0.5, 0.6) is 0 Å². The minimum Gasteiger partial charge on any atom is -0.481 e. The third-order valence-corrected chi connectivity index (χ3v) is 6.24. The fraction of sp³-hybridized carbons (Fsp3) is 0.667. The van der Waals surface area contributed by atoms with E-state index in [2.05, 4.69) is 50.4 Å². The topological polar surface area (TPSA) is 49.3 Å². The average molecular weight is 329 g/mol. The molecule has 0 spiro atoms. The normalized spacial score (nSPS) is 31.1. The van der Waals surface area contributed by atoms with Crippen molar-refractivity contribution >= 4 is 5.97 Å². The van der Waals surface area contributed by atoms with E-state index in [1.54, 1.807) is 0 Å². The lowest BCUT2D eigenvalue weighted by atomic mass is 9.68. The molecule has 1 aliphatic heterocycles. The smallest absolute Gasteiger partial charge is 0.307 e. The summed E-state index contributed by atoms with van der Waals surface area (Å²) in [4.78, 5) is 11.1. The van der Waals surface area contributed by atoms with Crippen LogP contribution >= 0.6 is 0 Å². The third kappa shape index (κ3) is 3.83. The van der Waals surface area contributed by atoms with E-state index in [0.29, 0.717) is 24.3 Å². The second kappa shape index (κ2) is 6.87. The largest absolute Gasteiger partial charge is 0.481 e. The number of carboxylic acids is 1. The van der Waals surface area contributed by atoms with Crippen LogP contribution in [0.15, 0.2) is 24.3 Å². The highest BCUT2D eigenvalue weighted by atomic mass is 16.4. The summed E-state index contributed by atoms with van der Waals surface area (Å²) in [5.41, 5.74) is 3.12. The molecule has 2 atom stereocenters. The first-order valence-electron chi connectivity index (χ1n) is 9.40. The molecule has 2 N–H and O–H groups in total. The molecule has 1 aromatic rings. The summed E-state index contributed by atoms with van der Waals surface area (Å²) in [6.07, 6.45) is 5.96. The van der Waals surface area contributed by atoms with Crippen molar-refractivity contribution in [1.82, 2.24) is 5.32 Å². The maximum Gasteiger partial charge on any atom is 0.307 e. The fourth-order valence-electron chi connectivity index (χ4n) is 4.47. The van der Waals surface area contributed by atoms with Gasteiger partial charge in [0, 0.05) is 12.6 Å². The molecule has 0 aromatic heterocycles. The number of hydrogen-bond donors (Lipinski definition) is 2. The summed E-state index contributed by atoms with van der Waals surface area (Å²) in [5, 5.41) is 12.5. The molecule has 2 aliphatic rings. The van der Waals surface area contributed by atoms with Gasteiger partial charge in [-0.2, -0.15) is 0 Å². The first kappa shape index (κ1) is 17.5. The van der Waals surface area contributed by atoms with Crippen LogP contribution in [0, 0.1) is 17.3 Å². The molecule has 3 nitrogen and oxygen atoms in total. The van der Waals surface area contributed by atoms with Gasteiger partial charge in [-0.25, -0.2) is 0 Å². The Hall–Kier alpha value is -1.35. The van der Waals surface area contributed by atoms with Crippen molar-refractivity contribution in [3.8, 4) is 0 Å². The first-order valence-corrected chi connectivity index (χ1v) is 9.40. The molecule has 2 fully saturated rings. The molecule has 24 heavy (non-hydrogen) atoms. The van der Waals surface area contributed by atoms with E-state index in [1.807, 2.05) is 0 Å². The lowest BCUT2D eigenvalue weighted by molar-refractivity contribution is -0.141. The van der Waals surface area contributed by atoms with Gasteiger partial charge in [0.05, 0.1) is 5.92 Å². The Bertz CT molecular complexity index is 564. The van der Waals surface area contributed by atoms with Gasteiger partial charge in [0.25, 0.3) is 0 Å². The molecule has 2 unspecified atom stereocenters. The molecule has 1 heterocycles. The van der Waals surface area contributed by atoms with E-state index in [0.717, 1.165) is 5.92 Å². The van der Waals surface area contributed by atoms with Gasteiger partial charge >= 0.3 is 5.97 Å². The van der Waals surface area contributed by atoms with Gasteiger partial charge in [-0.3, -0.25) is 4.79 Å². The SMILES string of the molecule is CC(C)(C)C1CCC(c2ccc(C3CC(C(=O)O)CN3)cc2)CC1. The van der Waals surface area contributed by atoms with Crippen molar-refractivity contribution in [2.24, 2.45) is 17.3 Å². The maximum absolute atomic E-state index is 11.1.